The van der Waals surface area contributed by atoms with E-state index in [1.165, 1.54) is 0 Å². The number of hydrogen-bond acceptors (Lipinski definition) is 4. The third-order valence-corrected chi connectivity index (χ3v) is 5.64. The van der Waals surface area contributed by atoms with Crippen molar-refractivity contribution in [2.75, 3.05) is 19.6 Å². The van der Waals surface area contributed by atoms with Crippen LogP contribution in [0.4, 0.5) is 13.2 Å². The monoisotopic (exact) mass is 379 g/mol. The first kappa shape index (κ1) is 19.7. The Kier molecular flexibility index (Phi) is 5.75. The molecular formula is C15H20F3N3O3S. The number of rotatable bonds is 4. The van der Waals surface area contributed by atoms with E-state index in [0.717, 1.165) is 18.2 Å². The second-order valence-corrected chi connectivity index (χ2v) is 7.69. The van der Waals surface area contributed by atoms with E-state index in [4.69, 9.17) is 0 Å². The molecule has 0 radical (unpaired) electrons. The molecule has 1 aliphatic rings. The van der Waals surface area contributed by atoms with Gasteiger partial charge in [0.25, 0.3) is 0 Å². The Labute approximate surface area is 144 Å². The lowest BCUT2D eigenvalue weighted by Gasteiger charge is -2.38. The SMILES string of the molecule is CC1NCCN(C(=O)CNS(=O)(=O)c2cccc(C(F)(F)F)c2)C1C. The summed E-state index contributed by atoms with van der Waals surface area (Å²) in [6.07, 6.45) is -4.65. The van der Waals surface area contributed by atoms with E-state index in [0.29, 0.717) is 19.2 Å². The lowest BCUT2D eigenvalue weighted by molar-refractivity contribution is -0.137. The number of piperazine rings is 1. The van der Waals surface area contributed by atoms with Gasteiger partial charge in [-0.05, 0) is 32.0 Å². The van der Waals surface area contributed by atoms with Crippen LogP contribution >= 0.6 is 0 Å². The van der Waals surface area contributed by atoms with Gasteiger partial charge in [-0.2, -0.15) is 13.2 Å². The minimum absolute atomic E-state index is 0.0674. The van der Waals surface area contributed by atoms with Gasteiger partial charge in [-0.15, -0.1) is 0 Å². The van der Waals surface area contributed by atoms with Gasteiger partial charge < -0.3 is 10.2 Å². The largest absolute Gasteiger partial charge is 0.416 e. The number of amides is 1. The van der Waals surface area contributed by atoms with Crippen LogP contribution in [0.25, 0.3) is 0 Å². The Morgan fingerprint density at radius 1 is 1.36 bits per heavy atom. The summed E-state index contributed by atoms with van der Waals surface area (Å²) < 4.78 is 64.6. The van der Waals surface area contributed by atoms with Crippen molar-refractivity contribution in [2.24, 2.45) is 0 Å². The van der Waals surface area contributed by atoms with Crippen LogP contribution in [-0.4, -0.2) is 50.9 Å². The number of nitrogens with zero attached hydrogens (tertiary/aromatic N) is 1. The van der Waals surface area contributed by atoms with Gasteiger partial charge in [0.2, 0.25) is 15.9 Å². The van der Waals surface area contributed by atoms with Gasteiger partial charge in [0.05, 0.1) is 17.0 Å². The molecule has 1 fully saturated rings. The molecule has 1 amide bonds. The second-order valence-electron chi connectivity index (χ2n) is 5.92. The predicted molar refractivity (Wildman–Crippen MR) is 85.3 cm³/mol. The van der Waals surface area contributed by atoms with Gasteiger partial charge in [-0.25, -0.2) is 13.1 Å². The Bertz CT molecular complexity index is 737. The third kappa shape index (κ3) is 4.71. The van der Waals surface area contributed by atoms with Crippen LogP contribution < -0.4 is 10.0 Å². The highest BCUT2D eigenvalue weighted by atomic mass is 32.2. The standard InChI is InChI=1S/C15H20F3N3O3S/c1-10-11(2)21(7-6-19-10)14(22)9-20-25(23,24)13-5-3-4-12(8-13)15(16,17)18/h3-5,8,10-11,19-20H,6-7,9H2,1-2H3. The van der Waals surface area contributed by atoms with E-state index in [1.54, 1.807) is 4.90 Å². The lowest BCUT2D eigenvalue weighted by atomic mass is 10.1. The number of carbonyl (C=O) groups excluding carboxylic acids is 1. The van der Waals surface area contributed by atoms with E-state index >= 15 is 0 Å². The highest BCUT2D eigenvalue weighted by Gasteiger charge is 2.32. The van der Waals surface area contributed by atoms with Gasteiger partial charge in [0.1, 0.15) is 0 Å². The molecule has 2 atom stereocenters. The molecule has 2 rings (SSSR count). The fourth-order valence-corrected chi connectivity index (χ4v) is 3.61. The predicted octanol–water partition coefficient (Wildman–Crippen LogP) is 1.19. The van der Waals surface area contributed by atoms with E-state index in [1.807, 2.05) is 13.8 Å². The lowest BCUT2D eigenvalue weighted by Crippen LogP contribution is -2.58. The highest BCUT2D eigenvalue weighted by molar-refractivity contribution is 7.89. The number of alkyl halides is 3. The summed E-state index contributed by atoms with van der Waals surface area (Å²) in [5.41, 5.74) is -1.06. The normalized spacial score (nSPS) is 22.0. The first-order chi connectivity index (χ1) is 11.5. The average molecular weight is 379 g/mol. The van der Waals surface area contributed by atoms with Crippen LogP contribution in [0.15, 0.2) is 29.2 Å². The molecule has 140 valence electrons. The third-order valence-electron chi connectivity index (χ3n) is 4.24. The number of nitrogens with one attached hydrogen (secondary N) is 2. The molecule has 1 aromatic carbocycles. The number of halogens is 3. The Hall–Kier alpha value is -1.65. The van der Waals surface area contributed by atoms with Crippen molar-refractivity contribution in [3.05, 3.63) is 29.8 Å². The molecule has 1 aliphatic heterocycles. The smallest absolute Gasteiger partial charge is 0.336 e. The molecule has 0 aliphatic carbocycles. The van der Waals surface area contributed by atoms with Gasteiger partial charge in [0.15, 0.2) is 0 Å². The highest BCUT2D eigenvalue weighted by Crippen LogP contribution is 2.30. The first-order valence-corrected chi connectivity index (χ1v) is 9.20. The zero-order chi connectivity index (χ0) is 18.8. The summed E-state index contributed by atoms with van der Waals surface area (Å²) in [6, 6.07) is 3.35. The van der Waals surface area contributed by atoms with Crippen LogP contribution in [0.1, 0.15) is 19.4 Å². The number of sulfonamides is 1. The van der Waals surface area contributed by atoms with Crippen LogP contribution in [-0.2, 0) is 21.0 Å². The van der Waals surface area contributed by atoms with Crippen LogP contribution in [0.2, 0.25) is 0 Å². The molecule has 0 aromatic heterocycles. The maximum absolute atomic E-state index is 12.7. The average Bonchev–Trinajstić information content (AvgIpc) is 2.54. The van der Waals surface area contributed by atoms with Gasteiger partial charge in [-0.3, -0.25) is 4.79 Å². The van der Waals surface area contributed by atoms with E-state index in [-0.39, 0.29) is 12.1 Å². The molecule has 10 heteroatoms. The summed E-state index contributed by atoms with van der Waals surface area (Å²) in [5.74, 6) is -0.420. The van der Waals surface area contributed by atoms with Gasteiger partial charge in [-0.1, -0.05) is 6.07 Å². The number of hydrogen-bond donors (Lipinski definition) is 2. The topological polar surface area (TPSA) is 78.5 Å². The Balaban J connectivity index is 2.08. The summed E-state index contributed by atoms with van der Waals surface area (Å²) in [4.78, 5) is 13.3. The van der Waals surface area contributed by atoms with Crippen molar-refractivity contribution in [1.82, 2.24) is 14.9 Å². The Morgan fingerprint density at radius 3 is 2.68 bits per heavy atom. The van der Waals surface area contributed by atoms with E-state index in [9.17, 15) is 26.4 Å². The molecule has 6 nitrogen and oxygen atoms in total. The molecular weight excluding hydrogens is 359 g/mol. The maximum atomic E-state index is 12.7. The quantitative estimate of drug-likeness (QED) is 0.824. The fourth-order valence-electron chi connectivity index (χ4n) is 2.59. The molecule has 1 aromatic rings. The van der Waals surface area contributed by atoms with Gasteiger partial charge >= 0.3 is 6.18 Å². The van der Waals surface area contributed by atoms with E-state index in [2.05, 4.69) is 10.0 Å². The zero-order valence-corrected chi connectivity index (χ0v) is 14.6. The van der Waals surface area contributed by atoms with Gasteiger partial charge in [0, 0.05) is 25.2 Å². The molecule has 25 heavy (non-hydrogen) atoms. The first-order valence-electron chi connectivity index (χ1n) is 7.72. The summed E-state index contributed by atoms with van der Waals surface area (Å²) >= 11 is 0. The zero-order valence-electron chi connectivity index (χ0n) is 13.8. The second kappa shape index (κ2) is 7.30. The molecule has 0 spiro atoms. The molecule has 0 saturated carbocycles. The minimum Gasteiger partial charge on any atom is -0.336 e. The van der Waals surface area contributed by atoms with Crippen molar-refractivity contribution in [3.8, 4) is 0 Å². The van der Waals surface area contributed by atoms with Crippen molar-refractivity contribution in [2.45, 2.75) is 37.0 Å². The molecule has 1 saturated heterocycles. The van der Waals surface area contributed by atoms with Crippen LogP contribution in [0.3, 0.4) is 0 Å². The van der Waals surface area contributed by atoms with Crippen molar-refractivity contribution < 1.29 is 26.4 Å². The number of benzene rings is 1. The van der Waals surface area contributed by atoms with E-state index < -0.39 is 39.1 Å². The maximum Gasteiger partial charge on any atom is 0.416 e. The fraction of sp³-hybridized carbons (Fsp3) is 0.533. The summed E-state index contributed by atoms with van der Waals surface area (Å²) in [5, 5.41) is 3.20. The van der Waals surface area contributed by atoms with Crippen molar-refractivity contribution >= 4 is 15.9 Å². The summed E-state index contributed by atoms with van der Waals surface area (Å²) in [6.45, 7) is 4.29. The van der Waals surface area contributed by atoms with Crippen LogP contribution in [0, 0.1) is 0 Å². The molecule has 2 N–H and O–H groups in total. The summed E-state index contributed by atoms with van der Waals surface area (Å²) in [7, 11) is -4.22. The molecule has 2 unspecified atom stereocenters. The molecule has 0 bridgehead atoms. The minimum atomic E-state index is -4.65. The molecule has 1 heterocycles. The Morgan fingerprint density at radius 2 is 2.04 bits per heavy atom. The number of carbonyl (C=O) groups is 1. The van der Waals surface area contributed by atoms with Crippen LogP contribution in [0.5, 0.6) is 0 Å². The van der Waals surface area contributed by atoms with Crippen molar-refractivity contribution in [3.63, 3.8) is 0 Å². The van der Waals surface area contributed by atoms with Crippen molar-refractivity contribution in [1.29, 1.82) is 0 Å².